The molecule has 0 radical (unpaired) electrons. The van der Waals surface area contributed by atoms with Crippen molar-refractivity contribution >= 4 is 22.9 Å². The number of anilines is 1. The van der Waals surface area contributed by atoms with Crippen molar-refractivity contribution in [2.45, 2.75) is 32.9 Å². The van der Waals surface area contributed by atoms with Crippen LogP contribution >= 0.6 is 11.3 Å². The van der Waals surface area contributed by atoms with Crippen molar-refractivity contribution in [3.05, 3.63) is 70.8 Å². The summed E-state index contributed by atoms with van der Waals surface area (Å²) in [5.41, 5.74) is 6.07. The van der Waals surface area contributed by atoms with Crippen LogP contribution in [0.25, 0.3) is 10.4 Å². The van der Waals surface area contributed by atoms with Crippen LogP contribution in [-0.2, 0) is 0 Å². The summed E-state index contributed by atoms with van der Waals surface area (Å²) in [6.07, 6.45) is 0. The first kappa shape index (κ1) is 21.4. The van der Waals surface area contributed by atoms with E-state index in [1.807, 2.05) is 38.1 Å². The van der Waals surface area contributed by atoms with Crippen molar-refractivity contribution in [2.24, 2.45) is 0 Å². The summed E-state index contributed by atoms with van der Waals surface area (Å²) in [4.78, 5) is 14.2. The first-order chi connectivity index (χ1) is 14.9. The number of aryl methyl sites for hydroxylation is 2. The summed E-state index contributed by atoms with van der Waals surface area (Å²) in [7, 11) is 1.69. The van der Waals surface area contributed by atoms with E-state index in [0.29, 0.717) is 11.6 Å². The van der Waals surface area contributed by atoms with Crippen LogP contribution in [0.2, 0.25) is 0 Å². The van der Waals surface area contributed by atoms with Gasteiger partial charge < -0.3 is 20.7 Å². The van der Waals surface area contributed by atoms with Gasteiger partial charge in [0.15, 0.2) is 5.06 Å². The number of carbonyl (C=O) groups excluding carboxylic acids is 1. The normalized spacial score (nSPS) is 14.6. The molecular formula is C25H29N3O2S. The maximum atomic E-state index is 13.1. The lowest BCUT2D eigenvalue weighted by atomic mass is 10.0. The summed E-state index contributed by atoms with van der Waals surface area (Å²) in [5.74, 6) is -0.0558. The number of hydrogen-bond acceptors (Lipinski definition) is 5. The Morgan fingerprint density at radius 2 is 1.94 bits per heavy atom. The molecule has 4 rings (SSSR count). The smallest absolute Gasteiger partial charge is 0.252 e. The first-order valence-electron chi connectivity index (χ1n) is 10.6. The van der Waals surface area contributed by atoms with Gasteiger partial charge in [0, 0.05) is 29.2 Å². The van der Waals surface area contributed by atoms with Gasteiger partial charge in [0.2, 0.25) is 0 Å². The number of methoxy groups -OCH3 is 1. The Morgan fingerprint density at radius 3 is 2.61 bits per heavy atom. The van der Waals surface area contributed by atoms with Crippen molar-refractivity contribution in [1.82, 2.24) is 10.6 Å². The SMILES string of the molecule is COc1cc(C)c(-c2cccc(C(C)NC(=O)c3cc(NC4CNC4)ccc3C)c2)s1. The van der Waals surface area contributed by atoms with E-state index < -0.39 is 0 Å². The van der Waals surface area contributed by atoms with Gasteiger partial charge in [-0.3, -0.25) is 4.79 Å². The molecule has 6 heteroatoms. The van der Waals surface area contributed by atoms with Crippen LogP contribution in [-0.4, -0.2) is 32.1 Å². The van der Waals surface area contributed by atoms with Crippen molar-refractivity contribution in [3.63, 3.8) is 0 Å². The lowest BCUT2D eigenvalue weighted by molar-refractivity contribution is 0.0939. The van der Waals surface area contributed by atoms with E-state index in [9.17, 15) is 4.79 Å². The molecule has 1 amide bonds. The van der Waals surface area contributed by atoms with E-state index in [-0.39, 0.29) is 11.9 Å². The summed E-state index contributed by atoms with van der Waals surface area (Å²) in [6, 6.07) is 16.7. The van der Waals surface area contributed by atoms with Crippen molar-refractivity contribution in [2.75, 3.05) is 25.5 Å². The van der Waals surface area contributed by atoms with Crippen molar-refractivity contribution in [1.29, 1.82) is 0 Å². The molecule has 1 aliphatic rings. The van der Waals surface area contributed by atoms with E-state index in [1.165, 1.54) is 10.4 Å². The van der Waals surface area contributed by atoms with Crippen LogP contribution in [0.4, 0.5) is 5.69 Å². The Labute approximate surface area is 187 Å². The van der Waals surface area contributed by atoms with Gasteiger partial charge in [-0.25, -0.2) is 0 Å². The summed E-state index contributed by atoms with van der Waals surface area (Å²) in [5, 5.41) is 10.8. The maximum Gasteiger partial charge on any atom is 0.252 e. The van der Waals surface area contributed by atoms with Crippen LogP contribution in [0.5, 0.6) is 5.06 Å². The van der Waals surface area contributed by atoms with Crippen molar-refractivity contribution in [3.8, 4) is 15.5 Å². The molecule has 31 heavy (non-hydrogen) atoms. The number of thiophene rings is 1. The second-order valence-electron chi connectivity index (χ2n) is 8.13. The van der Waals surface area contributed by atoms with Gasteiger partial charge in [-0.2, -0.15) is 0 Å². The molecule has 1 saturated heterocycles. The monoisotopic (exact) mass is 435 g/mol. The highest BCUT2D eigenvalue weighted by Crippen LogP contribution is 2.37. The average molecular weight is 436 g/mol. The van der Waals surface area contributed by atoms with Gasteiger partial charge in [-0.1, -0.05) is 35.6 Å². The topological polar surface area (TPSA) is 62.4 Å². The molecule has 0 saturated carbocycles. The second-order valence-corrected chi connectivity index (χ2v) is 9.15. The van der Waals surface area contributed by atoms with E-state index in [4.69, 9.17) is 4.74 Å². The average Bonchev–Trinajstić information content (AvgIpc) is 3.12. The van der Waals surface area contributed by atoms with Crippen LogP contribution in [0.15, 0.2) is 48.5 Å². The molecule has 5 nitrogen and oxygen atoms in total. The molecule has 3 aromatic rings. The Morgan fingerprint density at radius 1 is 1.13 bits per heavy atom. The molecular weight excluding hydrogens is 406 g/mol. The number of amides is 1. The number of nitrogens with one attached hydrogen (secondary N) is 3. The first-order valence-corrected chi connectivity index (χ1v) is 11.4. The number of hydrogen-bond donors (Lipinski definition) is 3. The zero-order valence-electron chi connectivity index (χ0n) is 18.4. The molecule has 0 bridgehead atoms. The summed E-state index contributed by atoms with van der Waals surface area (Å²) < 4.78 is 5.38. The van der Waals surface area contributed by atoms with Crippen LogP contribution in [0.3, 0.4) is 0 Å². The number of carbonyl (C=O) groups is 1. The Balaban J connectivity index is 1.50. The van der Waals surface area contributed by atoms with Crippen LogP contribution in [0, 0.1) is 13.8 Å². The van der Waals surface area contributed by atoms with Gasteiger partial charge in [0.1, 0.15) is 0 Å². The molecule has 0 spiro atoms. The minimum Gasteiger partial charge on any atom is -0.487 e. The minimum atomic E-state index is -0.110. The van der Waals surface area contributed by atoms with E-state index >= 15 is 0 Å². The van der Waals surface area contributed by atoms with Gasteiger partial charge in [0.25, 0.3) is 5.91 Å². The fourth-order valence-electron chi connectivity index (χ4n) is 3.73. The zero-order chi connectivity index (χ0) is 22.0. The molecule has 1 aliphatic heterocycles. The Hall–Kier alpha value is -2.83. The van der Waals surface area contributed by atoms with E-state index in [1.54, 1.807) is 18.4 Å². The third-order valence-electron chi connectivity index (χ3n) is 5.73. The Kier molecular flexibility index (Phi) is 6.30. The van der Waals surface area contributed by atoms with Crippen molar-refractivity contribution < 1.29 is 9.53 Å². The van der Waals surface area contributed by atoms with Gasteiger partial charge in [0.05, 0.1) is 19.2 Å². The number of benzene rings is 2. The maximum absolute atomic E-state index is 13.1. The van der Waals surface area contributed by atoms with Crippen LogP contribution in [0.1, 0.15) is 40.0 Å². The second kappa shape index (κ2) is 9.12. The minimum absolute atomic E-state index is 0.0558. The third-order valence-corrected chi connectivity index (χ3v) is 6.97. The highest BCUT2D eigenvalue weighted by molar-refractivity contribution is 7.17. The molecule has 162 valence electrons. The highest BCUT2D eigenvalue weighted by Gasteiger charge is 2.19. The molecule has 1 unspecified atom stereocenters. The summed E-state index contributed by atoms with van der Waals surface area (Å²) in [6.45, 7) is 8.00. The predicted molar refractivity (Wildman–Crippen MR) is 128 cm³/mol. The standard InChI is InChI=1S/C25H29N3O2S/c1-15-8-9-20(28-21-13-26-14-21)12-22(15)25(29)27-17(3)18-6-5-7-19(11-18)24-16(2)10-23(30-4)31-24/h5-12,17,21,26,28H,13-14H2,1-4H3,(H,27,29). The van der Waals surface area contributed by atoms with Crippen LogP contribution < -0.4 is 20.7 Å². The predicted octanol–water partition coefficient (Wildman–Crippen LogP) is 4.92. The number of ether oxygens (including phenoxy) is 1. The molecule has 1 fully saturated rings. The van der Waals surface area contributed by atoms with E-state index in [0.717, 1.165) is 40.5 Å². The lowest BCUT2D eigenvalue weighted by Gasteiger charge is -2.29. The fourth-order valence-corrected chi connectivity index (χ4v) is 4.71. The van der Waals surface area contributed by atoms with Gasteiger partial charge in [-0.05, 0) is 67.3 Å². The van der Waals surface area contributed by atoms with Gasteiger partial charge in [-0.15, -0.1) is 0 Å². The number of rotatable bonds is 7. The zero-order valence-corrected chi connectivity index (χ0v) is 19.2. The molecule has 2 heterocycles. The summed E-state index contributed by atoms with van der Waals surface area (Å²) >= 11 is 1.64. The fraction of sp³-hybridized carbons (Fsp3) is 0.320. The third kappa shape index (κ3) is 4.75. The largest absolute Gasteiger partial charge is 0.487 e. The molecule has 1 atom stereocenters. The molecule has 0 aliphatic carbocycles. The highest BCUT2D eigenvalue weighted by atomic mass is 32.1. The quantitative estimate of drug-likeness (QED) is 0.493. The molecule has 2 aromatic carbocycles. The van der Waals surface area contributed by atoms with Gasteiger partial charge >= 0.3 is 0 Å². The lowest BCUT2D eigenvalue weighted by Crippen LogP contribution is -2.51. The Bertz CT molecular complexity index is 1090. The van der Waals surface area contributed by atoms with E-state index in [2.05, 4.69) is 47.1 Å². The molecule has 3 N–H and O–H groups in total. The molecule has 1 aromatic heterocycles.